The van der Waals surface area contributed by atoms with Crippen LogP contribution in [-0.2, 0) is 16.0 Å². The maximum Gasteiger partial charge on any atom is 0.319 e. The SMILES string of the molecule is Cc1ccc(NC(=O)N[C@H]2C[C@@](O)(C(=O)N[C@@H](Cc3cccs3)C(N)=O)C[C@@H](O)[C@@H]2O)cc1. The Morgan fingerprint density at radius 2 is 1.88 bits per heavy atom. The van der Waals surface area contributed by atoms with E-state index in [-0.39, 0.29) is 12.8 Å². The lowest BCUT2D eigenvalue weighted by atomic mass is 9.77. The third-order valence-electron chi connectivity index (χ3n) is 5.59. The van der Waals surface area contributed by atoms with Gasteiger partial charge in [-0.25, -0.2) is 4.79 Å². The first kappa shape index (κ1) is 24.6. The number of primary amides is 1. The van der Waals surface area contributed by atoms with Gasteiger partial charge in [0.15, 0.2) is 0 Å². The van der Waals surface area contributed by atoms with E-state index >= 15 is 0 Å². The van der Waals surface area contributed by atoms with Gasteiger partial charge in [-0.3, -0.25) is 9.59 Å². The van der Waals surface area contributed by atoms with Gasteiger partial charge < -0.3 is 37.0 Å². The van der Waals surface area contributed by atoms with Gasteiger partial charge in [0, 0.05) is 29.8 Å². The van der Waals surface area contributed by atoms with Crippen LogP contribution in [0.1, 0.15) is 23.3 Å². The van der Waals surface area contributed by atoms with Crippen molar-refractivity contribution in [1.82, 2.24) is 10.6 Å². The van der Waals surface area contributed by atoms with E-state index in [9.17, 15) is 29.7 Å². The fourth-order valence-electron chi connectivity index (χ4n) is 3.74. The van der Waals surface area contributed by atoms with Crippen LogP contribution in [0.4, 0.5) is 10.5 Å². The van der Waals surface area contributed by atoms with Crippen molar-refractivity contribution in [3.05, 3.63) is 52.2 Å². The Balaban J connectivity index is 1.67. The summed E-state index contributed by atoms with van der Waals surface area (Å²) in [6.07, 6.45) is -3.57. The van der Waals surface area contributed by atoms with Crippen LogP contribution in [0.15, 0.2) is 41.8 Å². The van der Waals surface area contributed by atoms with Crippen molar-refractivity contribution in [1.29, 1.82) is 0 Å². The first-order valence-corrected chi connectivity index (χ1v) is 11.3. The van der Waals surface area contributed by atoms with Crippen molar-refractivity contribution in [3.63, 3.8) is 0 Å². The third-order valence-corrected chi connectivity index (χ3v) is 6.49. The molecule has 1 aliphatic rings. The van der Waals surface area contributed by atoms with E-state index in [1.165, 1.54) is 11.3 Å². The number of benzene rings is 1. The molecule has 33 heavy (non-hydrogen) atoms. The van der Waals surface area contributed by atoms with Crippen molar-refractivity contribution in [2.24, 2.45) is 5.73 Å². The minimum atomic E-state index is -2.14. The van der Waals surface area contributed by atoms with E-state index in [0.29, 0.717) is 5.69 Å². The van der Waals surface area contributed by atoms with Crippen molar-refractivity contribution in [3.8, 4) is 0 Å². The molecule has 5 atom stereocenters. The number of hydrogen-bond donors (Lipinski definition) is 7. The molecule has 0 saturated heterocycles. The van der Waals surface area contributed by atoms with Gasteiger partial charge in [-0.15, -0.1) is 11.3 Å². The van der Waals surface area contributed by atoms with E-state index in [4.69, 9.17) is 5.73 Å². The monoisotopic (exact) mass is 476 g/mol. The Hall–Kier alpha value is -2.99. The largest absolute Gasteiger partial charge is 0.390 e. The molecule has 10 nitrogen and oxygen atoms in total. The summed E-state index contributed by atoms with van der Waals surface area (Å²) in [4.78, 5) is 37.9. The van der Waals surface area contributed by atoms with Crippen molar-refractivity contribution in [2.75, 3.05) is 5.32 Å². The maximum atomic E-state index is 12.9. The molecule has 0 bridgehead atoms. The second kappa shape index (κ2) is 10.3. The topological polar surface area (TPSA) is 174 Å². The zero-order valence-electron chi connectivity index (χ0n) is 18.0. The summed E-state index contributed by atoms with van der Waals surface area (Å²) in [5.41, 5.74) is 4.80. The summed E-state index contributed by atoms with van der Waals surface area (Å²) in [6.45, 7) is 1.90. The number of aryl methyl sites for hydroxylation is 1. The average Bonchev–Trinajstić information content (AvgIpc) is 3.26. The number of carbonyl (C=O) groups is 3. The van der Waals surface area contributed by atoms with Gasteiger partial charge in [-0.05, 0) is 30.5 Å². The standard InChI is InChI=1S/C22H28N4O6S/c1-12-4-6-13(7-5-12)24-21(31)26-16-10-22(32,11-17(27)18(16)28)20(30)25-15(19(23)29)9-14-3-2-8-33-14/h2-8,15-18,27-28,32H,9-11H2,1H3,(H2,23,29)(H,25,30)(H2,24,26,31)/t15-,16-,17+,18+,22-/m0/s1. The predicted molar refractivity (Wildman–Crippen MR) is 122 cm³/mol. The molecule has 1 fully saturated rings. The Kier molecular flexibility index (Phi) is 7.69. The number of rotatable bonds is 7. The molecule has 0 spiro atoms. The Morgan fingerprint density at radius 1 is 1.18 bits per heavy atom. The Morgan fingerprint density at radius 3 is 2.48 bits per heavy atom. The molecular formula is C22H28N4O6S. The molecular weight excluding hydrogens is 448 g/mol. The first-order valence-electron chi connectivity index (χ1n) is 10.4. The van der Waals surface area contributed by atoms with Crippen molar-refractivity contribution < 1.29 is 29.7 Å². The number of aliphatic hydroxyl groups excluding tert-OH is 2. The molecule has 1 heterocycles. The first-order chi connectivity index (χ1) is 15.6. The van der Waals surface area contributed by atoms with Crippen LogP contribution in [0.2, 0.25) is 0 Å². The molecule has 1 aliphatic carbocycles. The van der Waals surface area contributed by atoms with Crippen molar-refractivity contribution >= 4 is 34.9 Å². The fraction of sp³-hybridized carbons (Fsp3) is 0.409. The normalized spacial score (nSPS) is 25.6. The number of hydrogen-bond acceptors (Lipinski definition) is 7. The van der Waals surface area contributed by atoms with E-state index in [0.717, 1.165) is 10.4 Å². The van der Waals surface area contributed by atoms with E-state index in [2.05, 4.69) is 16.0 Å². The molecule has 0 unspecified atom stereocenters. The number of thiophene rings is 1. The maximum absolute atomic E-state index is 12.9. The molecule has 11 heteroatoms. The second-order valence-corrected chi connectivity index (χ2v) is 9.31. The zero-order chi connectivity index (χ0) is 24.2. The lowest BCUT2D eigenvalue weighted by Crippen LogP contribution is -2.64. The molecule has 1 aromatic carbocycles. The van der Waals surface area contributed by atoms with Crippen LogP contribution in [0.3, 0.4) is 0 Å². The molecule has 3 rings (SSSR count). The number of amides is 4. The van der Waals surface area contributed by atoms with Crippen LogP contribution >= 0.6 is 11.3 Å². The molecule has 1 saturated carbocycles. The second-order valence-electron chi connectivity index (χ2n) is 8.28. The number of nitrogens with one attached hydrogen (secondary N) is 3. The van der Waals surface area contributed by atoms with Gasteiger partial charge in [-0.1, -0.05) is 23.8 Å². The number of anilines is 1. The Bertz CT molecular complexity index is 983. The predicted octanol–water partition coefficient (Wildman–Crippen LogP) is 0.00612. The van der Waals surface area contributed by atoms with Crippen molar-refractivity contribution in [2.45, 2.75) is 56.1 Å². The summed E-state index contributed by atoms with van der Waals surface area (Å²) in [5.74, 6) is -1.69. The molecule has 178 valence electrons. The van der Waals surface area contributed by atoms with Gasteiger partial charge in [-0.2, -0.15) is 0 Å². The number of carbonyl (C=O) groups excluding carboxylic acids is 3. The van der Waals surface area contributed by atoms with E-state index in [1.54, 1.807) is 24.3 Å². The van der Waals surface area contributed by atoms with Crippen LogP contribution in [0, 0.1) is 6.92 Å². The minimum Gasteiger partial charge on any atom is -0.390 e. The smallest absolute Gasteiger partial charge is 0.319 e. The highest BCUT2D eigenvalue weighted by Crippen LogP contribution is 2.30. The molecule has 4 amide bonds. The lowest BCUT2D eigenvalue weighted by molar-refractivity contribution is -0.158. The molecule has 2 aromatic rings. The Labute approximate surface area is 194 Å². The van der Waals surface area contributed by atoms with Gasteiger partial charge >= 0.3 is 6.03 Å². The minimum absolute atomic E-state index is 0.153. The summed E-state index contributed by atoms with van der Waals surface area (Å²) in [5, 5.41) is 40.9. The number of aliphatic hydroxyl groups is 3. The van der Waals surface area contributed by atoms with Crippen LogP contribution < -0.4 is 21.7 Å². The molecule has 0 aliphatic heterocycles. The van der Waals surface area contributed by atoms with Crippen LogP contribution in [0.25, 0.3) is 0 Å². The quantitative estimate of drug-likeness (QED) is 0.296. The summed E-state index contributed by atoms with van der Waals surface area (Å²) < 4.78 is 0. The fourth-order valence-corrected chi connectivity index (χ4v) is 4.49. The van der Waals surface area contributed by atoms with Gasteiger partial charge in [0.2, 0.25) is 5.91 Å². The summed E-state index contributed by atoms with van der Waals surface area (Å²) in [6, 6.07) is 7.73. The van der Waals surface area contributed by atoms with Crippen LogP contribution in [-0.4, -0.2) is 63.1 Å². The highest BCUT2D eigenvalue weighted by molar-refractivity contribution is 7.09. The molecule has 0 radical (unpaired) electrons. The van der Waals surface area contributed by atoms with Gasteiger partial charge in [0.25, 0.3) is 5.91 Å². The highest BCUT2D eigenvalue weighted by atomic mass is 32.1. The molecule has 1 aromatic heterocycles. The van der Waals surface area contributed by atoms with Gasteiger partial charge in [0.05, 0.1) is 12.1 Å². The summed E-state index contributed by atoms with van der Waals surface area (Å²) >= 11 is 1.39. The number of nitrogens with two attached hydrogens (primary N) is 1. The number of urea groups is 1. The summed E-state index contributed by atoms with van der Waals surface area (Å²) in [7, 11) is 0. The third kappa shape index (κ3) is 6.29. The average molecular weight is 477 g/mol. The van der Waals surface area contributed by atoms with Gasteiger partial charge in [0.1, 0.15) is 17.7 Å². The zero-order valence-corrected chi connectivity index (χ0v) is 18.8. The van der Waals surface area contributed by atoms with E-state index < -0.39 is 54.2 Å². The lowest BCUT2D eigenvalue weighted by Gasteiger charge is -2.41. The van der Waals surface area contributed by atoms with E-state index in [1.807, 2.05) is 24.4 Å². The van der Waals surface area contributed by atoms with Crippen LogP contribution in [0.5, 0.6) is 0 Å². The molecule has 8 N–H and O–H groups in total. The highest BCUT2D eigenvalue weighted by Gasteiger charge is 2.49.